The van der Waals surface area contributed by atoms with Gasteiger partial charge in [0.05, 0.1) is 5.41 Å². The first-order chi connectivity index (χ1) is 12.7. The molecule has 0 spiro atoms. The van der Waals surface area contributed by atoms with Crippen molar-refractivity contribution in [3.8, 4) is 0 Å². The molecule has 1 heteroatoms. The standard InChI is InChI=1S/C25H23N/c1-18-10-8-14-21(18)25(22-15-9-11-19(22)2)20(3)12-6-7-17-26-24-16-5-4-13-23(24)25/h4-10,12-13,15-17,26H,3,14H2,1-2H3/b12-6-,17-7-. The zero-order valence-electron chi connectivity index (χ0n) is 15.3. The molecule has 0 saturated heterocycles. The lowest BCUT2D eigenvalue weighted by Gasteiger charge is -2.41. The monoisotopic (exact) mass is 337 g/mol. The first-order valence-corrected chi connectivity index (χ1v) is 9.05. The third-order valence-corrected chi connectivity index (χ3v) is 5.53. The molecule has 0 amide bonds. The van der Waals surface area contributed by atoms with Crippen LogP contribution in [0.4, 0.5) is 5.69 Å². The molecule has 1 aliphatic heterocycles. The van der Waals surface area contributed by atoms with Crippen molar-refractivity contribution >= 4 is 5.69 Å². The Bertz CT molecular complexity index is 996. The average Bonchev–Trinajstić information content (AvgIpc) is 3.26. The summed E-state index contributed by atoms with van der Waals surface area (Å²) >= 11 is 0. The largest absolute Gasteiger partial charge is 0.361 e. The lowest BCUT2D eigenvalue weighted by Crippen LogP contribution is -2.34. The summed E-state index contributed by atoms with van der Waals surface area (Å²) in [5.74, 6) is 0. The van der Waals surface area contributed by atoms with Crippen molar-refractivity contribution in [2.24, 2.45) is 0 Å². The van der Waals surface area contributed by atoms with Crippen molar-refractivity contribution in [2.45, 2.75) is 25.7 Å². The second-order valence-corrected chi connectivity index (χ2v) is 6.97. The van der Waals surface area contributed by atoms with Crippen LogP contribution in [0.1, 0.15) is 25.8 Å². The van der Waals surface area contributed by atoms with E-state index in [0.29, 0.717) is 0 Å². The summed E-state index contributed by atoms with van der Waals surface area (Å²) in [6, 6.07) is 8.57. The summed E-state index contributed by atoms with van der Waals surface area (Å²) < 4.78 is 0. The first kappa shape index (κ1) is 16.4. The Hall–Kier alpha value is -3.02. The maximum Gasteiger partial charge on any atom is 0.0693 e. The van der Waals surface area contributed by atoms with Crippen molar-refractivity contribution in [3.05, 3.63) is 119 Å². The van der Waals surface area contributed by atoms with Crippen molar-refractivity contribution < 1.29 is 0 Å². The lowest BCUT2D eigenvalue weighted by atomic mass is 9.61. The Labute approximate surface area is 155 Å². The molecule has 4 rings (SSSR count). The summed E-state index contributed by atoms with van der Waals surface area (Å²) in [7, 11) is 0. The summed E-state index contributed by atoms with van der Waals surface area (Å²) in [4.78, 5) is 0. The topological polar surface area (TPSA) is 12.0 Å². The Morgan fingerprint density at radius 1 is 1.12 bits per heavy atom. The van der Waals surface area contributed by atoms with Crippen LogP contribution in [0.3, 0.4) is 0 Å². The predicted octanol–water partition coefficient (Wildman–Crippen LogP) is 6.29. The predicted molar refractivity (Wildman–Crippen MR) is 111 cm³/mol. The minimum absolute atomic E-state index is 0.399. The van der Waals surface area contributed by atoms with Crippen LogP contribution in [0.25, 0.3) is 0 Å². The normalized spacial score (nSPS) is 26.5. The summed E-state index contributed by atoms with van der Waals surface area (Å²) in [6.45, 7) is 8.92. The SMILES string of the molecule is C=C1/C=C\C=C/Nc2ccccc2C1(C1=CC=C=C1C)C1=C(C)C=CC1. The number of rotatable bonds is 2. The fourth-order valence-corrected chi connectivity index (χ4v) is 4.36. The number of benzene rings is 1. The number of fused-ring (bicyclic) bond motifs is 1. The maximum atomic E-state index is 4.56. The summed E-state index contributed by atoms with van der Waals surface area (Å²) in [5.41, 5.74) is 11.6. The summed E-state index contributed by atoms with van der Waals surface area (Å²) in [5, 5.41) is 3.47. The van der Waals surface area contributed by atoms with E-state index in [4.69, 9.17) is 0 Å². The van der Waals surface area contributed by atoms with Crippen LogP contribution in [-0.2, 0) is 5.41 Å². The Morgan fingerprint density at radius 3 is 2.69 bits per heavy atom. The number of nitrogens with one attached hydrogen (secondary N) is 1. The molecule has 1 unspecified atom stereocenters. The van der Waals surface area contributed by atoms with E-state index in [0.717, 1.165) is 17.7 Å². The maximum absolute atomic E-state index is 4.56. The fourth-order valence-electron chi connectivity index (χ4n) is 4.36. The molecule has 1 heterocycles. The molecule has 1 aromatic carbocycles. The molecule has 1 aromatic rings. The van der Waals surface area contributed by atoms with Gasteiger partial charge < -0.3 is 5.32 Å². The fraction of sp³-hybridized carbons (Fsp3) is 0.160. The van der Waals surface area contributed by atoms with Gasteiger partial charge in [0.2, 0.25) is 0 Å². The van der Waals surface area contributed by atoms with E-state index in [1.54, 1.807) is 0 Å². The van der Waals surface area contributed by atoms with Gasteiger partial charge in [-0.25, -0.2) is 0 Å². The third kappa shape index (κ3) is 2.33. The van der Waals surface area contributed by atoms with Crippen LogP contribution in [-0.4, -0.2) is 0 Å². The van der Waals surface area contributed by atoms with Gasteiger partial charge in [0.15, 0.2) is 0 Å². The number of para-hydroxylation sites is 1. The zero-order valence-corrected chi connectivity index (χ0v) is 15.3. The van der Waals surface area contributed by atoms with E-state index in [-0.39, 0.29) is 0 Å². The zero-order chi connectivity index (χ0) is 18.1. The highest BCUT2D eigenvalue weighted by Crippen LogP contribution is 2.54. The Kier molecular flexibility index (Phi) is 4.03. The molecule has 0 aromatic heterocycles. The smallest absolute Gasteiger partial charge is 0.0693 e. The van der Waals surface area contributed by atoms with Gasteiger partial charge in [-0.1, -0.05) is 54.7 Å². The molecule has 1 N–H and O–H groups in total. The van der Waals surface area contributed by atoms with Crippen LogP contribution < -0.4 is 5.32 Å². The number of allylic oxidation sites excluding steroid dienone is 11. The molecule has 26 heavy (non-hydrogen) atoms. The molecule has 1 nitrogen and oxygen atoms in total. The van der Waals surface area contributed by atoms with E-state index < -0.39 is 5.41 Å². The quantitative estimate of drug-likeness (QED) is 0.625. The van der Waals surface area contributed by atoms with Crippen LogP contribution in [0.5, 0.6) is 0 Å². The Morgan fingerprint density at radius 2 is 1.96 bits per heavy atom. The van der Waals surface area contributed by atoms with E-state index in [2.05, 4.69) is 86.1 Å². The molecule has 3 aliphatic rings. The minimum atomic E-state index is -0.399. The minimum Gasteiger partial charge on any atom is -0.361 e. The molecular formula is C25H23N. The van der Waals surface area contributed by atoms with Crippen molar-refractivity contribution in [2.75, 3.05) is 5.32 Å². The highest BCUT2D eigenvalue weighted by molar-refractivity contribution is 5.73. The van der Waals surface area contributed by atoms with Crippen LogP contribution in [0, 0.1) is 0 Å². The number of anilines is 1. The molecular weight excluding hydrogens is 314 g/mol. The van der Waals surface area contributed by atoms with Gasteiger partial charge in [-0.2, -0.15) is 0 Å². The van der Waals surface area contributed by atoms with E-state index in [9.17, 15) is 0 Å². The number of hydrogen-bond donors (Lipinski definition) is 1. The van der Waals surface area contributed by atoms with Crippen LogP contribution in [0.2, 0.25) is 0 Å². The molecule has 0 bridgehead atoms. The van der Waals surface area contributed by atoms with Gasteiger partial charge in [0.25, 0.3) is 0 Å². The van der Waals surface area contributed by atoms with Gasteiger partial charge in [0, 0.05) is 11.9 Å². The van der Waals surface area contributed by atoms with Gasteiger partial charge >= 0.3 is 0 Å². The van der Waals surface area contributed by atoms with Crippen molar-refractivity contribution in [3.63, 3.8) is 0 Å². The molecule has 2 aliphatic carbocycles. The average molecular weight is 337 g/mol. The summed E-state index contributed by atoms with van der Waals surface area (Å²) in [6.07, 6.45) is 17.9. The van der Waals surface area contributed by atoms with E-state index >= 15 is 0 Å². The highest BCUT2D eigenvalue weighted by atomic mass is 14.8. The first-order valence-electron chi connectivity index (χ1n) is 9.05. The van der Waals surface area contributed by atoms with Crippen molar-refractivity contribution in [1.29, 1.82) is 0 Å². The highest BCUT2D eigenvalue weighted by Gasteiger charge is 2.45. The second-order valence-electron chi connectivity index (χ2n) is 6.97. The molecule has 0 radical (unpaired) electrons. The van der Waals surface area contributed by atoms with Gasteiger partial charge in [-0.3, -0.25) is 0 Å². The Balaban J connectivity index is 2.11. The number of hydrogen-bond acceptors (Lipinski definition) is 1. The van der Waals surface area contributed by atoms with E-state index in [1.807, 2.05) is 18.4 Å². The van der Waals surface area contributed by atoms with Crippen molar-refractivity contribution in [1.82, 2.24) is 0 Å². The van der Waals surface area contributed by atoms with Gasteiger partial charge in [-0.15, -0.1) is 5.73 Å². The molecule has 1 atom stereocenters. The molecule has 128 valence electrons. The van der Waals surface area contributed by atoms with E-state index in [1.165, 1.54) is 27.9 Å². The van der Waals surface area contributed by atoms with Crippen LogP contribution >= 0.6 is 0 Å². The van der Waals surface area contributed by atoms with Gasteiger partial charge in [0.1, 0.15) is 0 Å². The van der Waals surface area contributed by atoms with Gasteiger partial charge in [-0.05, 0) is 72.4 Å². The van der Waals surface area contributed by atoms with Crippen LogP contribution in [0.15, 0.2) is 113 Å². The second kappa shape index (κ2) is 6.37. The molecule has 0 saturated carbocycles. The lowest BCUT2D eigenvalue weighted by molar-refractivity contribution is 0.699. The third-order valence-electron chi connectivity index (χ3n) is 5.53. The molecule has 0 fully saturated rings.